The summed E-state index contributed by atoms with van der Waals surface area (Å²) in [5.41, 5.74) is 1.34. The lowest BCUT2D eigenvalue weighted by Crippen LogP contribution is -3.11. The molecular formula is C24H28N4O4. The third kappa shape index (κ3) is 3.71. The number of carbonyl (C=O) groups excluding carboxylic acids is 2. The summed E-state index contributed by atoms with van der Waals surface area (Å²) in [5, 5.41) is 13.7. The lowest BCUT2D eigenvalue weighted by Gasteiger charge is -2.26. The van der Waals surface area contributed by atoms with Crippen LogP contribution in [0.5, 0.6) is 0 Å². The predicted molar refractivity (Wildman–Crippen MR) is 117 cm³/mol. The number of hydrogen-bond donors (Lipinski definition) is 1. The Labute approximate surface area is 186 Å². The zero-order valence-corrected chi connectivity index (χ0v) is 18.6. The number of amides is 1. The van der Waals surface area contributed by atoms with Crippen molar-refractivity contribution in [3.05, 3.63) is 65.5 Å². The summed E-state index contributed by atoms with van der Waals surface area (Å²) in [7, 11) is 0. The van der Waals surface area contributed by atoms with Gasteiger partial charge >= 0.3 is 0 Å². The Morgan fingerprint density at radius 1 is 1.19 bits per heavy atom. The van der Waals surface area contributed by atoms with Gasteiger partial charge in [-0.3, -0.25) is 9.59 Å². The average Bonchev–Trinajstić information content (AvgIpc) is 3.49. The van der Waals surface area contributed by atoms with Crippen molar-refractivity contribution in [2.45, 2.75) is 33.2 Å². The number of likely N-dealkylation sites (tertiary alicyclic amines) is 1. The first-order valence-corrected chi connectivity index (χ1v) is 11.0. The number of nitrogens with one attached hydrogen (secondary N) is 1. The summed E-state index contributed by atoms with van der Waals surface area (Å²) in [4.78, 5) is 33.4. The van der Waals surface area contributed by atoms with Crippen LogP contribution in [0, 0.1) is 6.92 Å². The number of rotatable bonds is 8. The Hall–Kier alpha value is -3.39. The minimum absolute atomic E-state index is 0.0751. The lowest BCUT2D eigenvalue weighted by molar-refractivity contribution is -0.896. The fraction of sp³-hybridized carbons (Fsp3) is 0.375. The van der Waals surface area contributed by atoms with Crippen LogP contribution in [-0.4, -0.2) is 52.2 Å². The number of furan rings is 1. The Morgan fingerprint density at radius 3 is 2.66 bits per heavy atom. The molecule has 32 heavy (non-hydrogen) atoms. The Morgan fingerprint density at radius 2 is 1.97 bits per heavy atom. The molecule has 1 unspecified atom stereocenters. The van der Waals surface area contributed by atoms with Gasteiger partial charge in [0.15, 0.2) is 0 Å². The number of nitrogens with zero attached hydrogens (tertiary/aromatic N) is 3. The predicted octanol–water partition coefficient (Wildman–Crippen LogP) is 0.775. The van der Waals surface area contributed by atoms with Crippen LogP contribution in [-0.2, 0) is 9.59 Å². The lowest BCUT2D eigenvalue weighted by atomic mass is 10.0. The van der Waals surface area contributed by atoms with Crippen LogP contribution in [0.1, 0.15) is 43.5 Å². The molecule has 1 N–H and O–H groups in total. The second-order valence-corrected chi connectivity index (χ2v) is 8.02. The second-order valence-electron chi connectivity index (χ2n) is 8.02. The maximum atomic E-state index is 13.7. The summed E-state index contributed by atoms with van der Waals surface area (Å²) in [6.07, 6.45) is 3.95. The molecule has 1 aliphatic rings. The molecule has 4 rings (SSSR count). The largest absolute Gasteiger partial charge is 0.871 e. The summed E-state index contributed by atoms with van der Waals surface area (Å²) >= 11 is 0. The van der Waals surface area contributed by atoms with Crippen molar-refractivity contribution >= 4 is 23.1 Å². The van der Waals surface area contributed by atoms with Gasteiger partial charge in [-0.25, -0.2) is 4.98 Å². The highest BCUT2D eigenvalue weighted by molar-refractivity contribution is 6.46. The zero-order chi connectivity index (χ0) is 22.8. The van der Waals surface area contributed by atoms with E-state index in [2.05, 4.69) is 18.8 Å². The van der Waals surface area contributed by atoms with Gasteiger partial charge in [-0.05, 0) is 45.0 Å². The number of aryl methyl sites for hydroxylation is 1. The standard InChI is InChI=1S/C24H28N4O4/c1-4-26(5-2)12-9-14-28-21(17-10-8-15-32-17)19(23(30)24(28)31)22(29)20-16(3)25-18-11-6-7-13-27(18)20/h6-8,10-11,13,15,21,29H,4-5,9,12,14H2,1-3H3. The minimum Gasteiger partial charge on any atom is -0.871 e. The molecular weight excluding hydrogens is 408 g/mol. The van der Waals surface area contributed by atoms with Crippen LogP contribution >= 0.6 is 0 Å². The maximum Gasteiger partial charge on any atom is 0.295 e. The Bertz CT molecular complexity index is 1160. The van der Waals surface area contributed by atoms with Gasteiger partial charge in [-0.2, -0.15) is 0 Å². The molecule has 1 saturated heterocycles. The molecule has 0 aromatic carbocycles. The van der Waals surface area contributed by atoms with Crippen molar-refractivity contribution in [1.82, 2.24) is 14.3 Å². The van der Waals surface area contributed by atoms with Gasteiger partial charge in [-0.15, -0.1) is 0 Å². The van der Waals surface area contributed by atoms with Crippen molar-refractivity contribution in [3.8, 4) is 0 Å². The number of carbonyl (C=O) groups is 2. The van der Waals surface area contributed by atoms with E-state index < -0.39 is 23.5 Å². The molecule has 1 atom stereocenters. The number of quaternary nitrogens is 1. The molecule has 0 spiro atoms. The molecule has 8 nitrogen and oxygen atoms in total. The molecule has 168 valence electrons. The van der Waals surface area contributed by atoms with E-state index in [4.69, 9.17) is 4.42 Å². The molecule has 3 aromatic rings. The summed E-state index contributed by atoms with van der Waals surface area (Å²) in [6, 6.07) is 7.98. The quantitative estimate of drug-likeness (QED) is 0.320. The van der Waals surface area contributed by atoms with E-state index in [0.717, 1.165) is 26.1 Å². The number of hydrogen-bond acceptors (Lipinski definition) is 5. The van der Waals surface area contributed by atoms with Crippen molar-refractivity contribution in [2.24, 2.45) is 0 Å². The summed E-state index contributed by atoms with van der Waals surface area (Å²) < 4.78 is 7.24. The molecule has 1 fully saturated rings. The number of pyridine rings is 1. The summed E-state index contributed by atoms with van der Waals surface area (Å²) in [5.74, 6) is -1.50. The zero-order valence-electron chi connectivity index (χ0n) is 18.6. The fourth-order valence-electron chi connectivity index (χ4n) is 4.46. The van der Waals surface area contributed by atoms with Crippen molar-refractivity contribution in [2.75, 3.05) is 26.2 Å². The van der Waals surface area contributed by atoms with E-state index >= 15 is 0 Å². The molecule has 4 heterocycles. The molecule has 0 radical (unpaired) electrons. The van der Waals surface area contributed by atoms with Gasteiger partial charge in [0.1, 0.15) is 17.4 Å². The van der Waals surface area contributed by atoms with Crippen molar-refractivity contribution in [1.29, 1.82) is 0 Å². The monoisotopic (exact) mass is 436 g/mol. The number of fused-ring (bicyclic) bond motifs is 1. The number of aromatic nitrogens is 2. The van der Waals surface area contributed by atoms with Crippen LogP contribution in [0.3, 0.4) is 0 Å². The maximum absolute atomic E-state index is 13.7. The molecule has 3 aromatic heterocycles. The topological polar surface area (TPSA) is 95.3 Å². The minimum atomic E-state index is -0.835. The van der Waals surface area contributed by atoms with Gasteiger partial charge in [0.25, 0.3) is 5.91 Å². The van der Waals surface area contributed by atoms with Crippen molar-refractivity contribution in [3.63, 3.8) is 0 Å². The van der Waals surface area contributed by atoms with E-state index in [-0.39, 0.29) is 5.57 Å². The van der Waals surface area contributed by atoms with Gasteiger partial charge in [0.2, 0.25) is 5.78 Å². The molecule has 0 saturated carbocycles. The van der Waals surface area contributed by atoms with Crippen LogP contribution in [0.2, 0.25) is 0 Å². The SMILES string of the molecule is CC[NH+](CC)CCCN1C(=O)C(=O)C(=C([O-])c2c(C)nc3ccccn23)C1c1ccco1. The number of Topliss-reactive ketones (excluding diaryl/α,β-unsaturated/α-hetero) is 1. The molecule has 0 bridgehead atoms. The molecule has 8 heteroatoms. The van der Waals surface area contributed by atoms with Crippen LogP contribution < -0.4 is 10.0 Å². The second kappa shape index (κ2) is 9.00. The summed E-state index contributed by atoms with van der Waals surface area (Å²) in [6.45, 7) is 9.22. The smallest absolute Gasteiger partial charge is 0.295 e. The average molecular weight is 437 g/mol. The van der Waals surface area contributed by atoms with Gasteiger partial charge < -0.3 is 23.7 Å². The van der Waals surface area contributed by atoms with E-state index in [1.807, 2.05) is 6.07 Å². The molecule has 0 aliphatic carbocycles. The highest BCUT2D eigenvalue weighted by Gasteiger charge is 2.45. The van der Waals surface area contributed by atoms with Crippen LogP contribution in [0.25, 0.3) is 11.4 Å². The molecule has 1 amide bonds. The first-order valence-electron chi connectivity index (χ1n) is 11.0. The van der Waals surface area contributed by atoms with Gasteiger partial charge in [-0.1, -0.05) is 11.8 Å². The Balaban J connectivity index is 1.77. The third-order valence-electron chi connectivity index (χ3n) is 6.19. The fourth-order valence-corrected chi connectivity index (χ4v) is 4.46. The van der Waals surface area contributed by atoms with E-state index in [9.17, 15) is 14.7 Å². The van der Waals surface area contributed by atoms with Gasteiger partial charge in [0, 0.05) is 24.7 Å². The third-order valence-corrected chi connectivity index (χ3v) is 6.19. The highest BCUT2D eigenvalue weighted by Crippen LogP contribution is 2.39. The van der Waals surface area contributed by atoms with Crippen LogP contribution in [0.4, 0.5) is 0 Å². The van der Waals surface area contributed by atoms with Crippen LogP contribution in [0.15, 0.2) is 52.8 Å². The van der Waals surface area contributed by atoms with E-state index in [1.54, 1.807) is 41.8 Å². The number of imidazole rings is 1. The first kappa shape index (κ1) is 21.8. The van der Waals surface area contributed by atoms with Gasteiger partial charge in [0.05, 0.1) is 37.3 Å². The van der Waals surface area contributed by atoms with Crippen molar-refractivity contribution < 1.29 is 24.0 Å². The normalized spacial score (nSPS) is 18.4. The first-order chi connectivity index (χ1) is 15.5. The van der Waals surface area contributed by atoms with E-state index in [1.165, 1.54) is 16.1 Å². The molecule has 1 aliphatic heterocycles. The Kier molecular flexibility index (Phi) is 6.14. The van der Waals surface area contributed by atoms with E-state index in [0.29, 0.717) is 29.3 Å². The highest BCUT2D eigenvalue weighted by atomic mass is 16.3. The number of ketones is 1.